The van der Waals surface area contributed by atoms with Crippen molar-refractivity contribution < 1.29 is 37.9 Å². The van der Waals surface area contributed by atoms with Crippen LogP contribution in [0.5, 0.6) is 46.0 Å². The molecule has 0 radical (unpaired) electrons. The van der Waals surface area contributed by atoms with Crippen LogP contribution in [0.3, 0.4) is 0 Å². The van der Waals surface area contributed by atoms with E-state index < -0.39 is 0 Å². The smallest absolute Gasteiger partial charge is 0.231 e. The third kappa shape index (κ3) is 8.54. The van der Waals surface area contributed by atoms with Crippen molar-refractivity contribution in [2.75, 3.05) is 27.2 Å². The molecule has 4 aliphatic heterocycles. The minimum atomic E-state index is -0.0502. The van der Waals surface area contributed by atoms with Gasteiger partial charge in [0.2, 0.25) is 27.2 Å². The molecule has 4 aromatic carbocycles. The zero-order valence-corrected chi connectivity index (χ0v) is 42.0. The number of benzene rings is 4. The lowest BCUT2D eigenvalue weighted by molar-refractivity contribution is 0.0962. The minimum absolute atomic E-state index is 0.0135. The summed E-state index contributed by atoms with van der Waals surface area (Å²) in [6.45, 7) is 9.18. The molecule has 63 heavy (non-hydrogen) atoms. The van der Waals surface area contributed by atoms with Gasteiger partial charge < -0.3 is 37.9 Å². The van der Waals surface area contributed by atoms with E-state index in [0.29, 0.717) is 0 Å². The first-order valence-electron chi connectivity index (χ1n) is 23.7. The summed E-state index contributed by atoms with van der Waals surface area (Å²) in [7, 11) is 0. The van der Waals surface area contributed by atoms with Crippen molar-refractivity contribution in [1.82, 2.24) is 0 Å². The van der Waals surface area contributed by atoms with Gasteiger partial charge in [0.05, 0.1) is 0 Å². The maximum Gasteiger partial charge on any atom is 0.231 e. The second kappa shape index (κ2) is 20.1. The maximum atomic E-state index is 6.71. The van der Waals surface area contributed by atoms with E-state index in [2.05, 4.69) is 106 Å². The van der Waals surface area contributed by atoms with Crippen LogP contribution >= 0.6 is 47.8 Å². The summed E-state index contributed by atoms with van der Waals surface area (Å²) in [4.78, 5) is 0. The number of hydrogen-bond acceptors (Lipinski definition) is 8. The van der Waals surface area contributed by atoms with Gasteiger partial charge in [0.25, 0.3) is 0 Å². The molecular weight excluding hydrogens is 992 g/mol. The Morgan fingerprint density at radius 3 is 0.841 bits per heavy atom. The number of unbranched alkanes of at least 4 members (excludes halogenated alkanes) is 8. The normalized spacial score (nSPS) is 19.9. The van der Waals surface area contributed by atoms with Gasteiger partial charge in [0, 0.05) is 74.2 Å². The fourth-order valence-electron chi connectivity index (χ4n) is 10.7. The van der Waals surface area contributed by atoms with Gasteiger partial charge in [-0.05, 0) is 97.7 Å². The molecule has 0 aromatic heterocycles. The van der Waals surface area contributed by atoms with Crippen LogP contribution in [0.15, 0.2) is 43.7 Å². The highest BCUT2D eigenvalue weighted by Gasteiger charge is 2.40. The van der Waals surface area contributed by atoms with Crippen molar-refractivity contribution in [2.24, 2.45) is 0 Å². The van der Waals surface area contributed by atoms with E-state index in [1.54, 1.807) is 0 Å². The molecule has 0 fully saturated rings. The second-order valence-electron chi connectivity index (χ2n) is 17.8. The SMILES string of the molecule is CCCCCC1c2cc3c4cc2OCOc2c1cc1c(c2Br)OCOc2c(cc5c(c2Br)OCOc2c(cc(c(c2Br)OCO4)C3CCCCC)C5CCCCC)C1CCCCC. The number of rotatable bonds is 16. The van der Waals surface area contributed by atoms with Crippen LogP contribution in [0.1, 0.15) is 199 Å². The molecule has 9 rings (SSSR count). The molecule has 0 spiro atoms. The molecule has 4 heterocycles. The lowest BCUT2D eigenvalue weighted by Crippen LogP contribution is -2.23. The standard InChI is InChI=1S/C52H61Br3O8/c1-5-9-13-17-30-34-21-35-31(18-14-10-6-2)37-23-39-33(20-16-12-8-4)41-24-40-32(19-15-11-7-3)38-22-36(30)47-44(53)49(38)60-28-62-51(40)46(55)52(41)63-29-61-50(39)45(54)48(37)59-27-57-43(35)25-42(34)56-26-58-47/h21-25,30-33H,5-20,26-29H2,1-4H3. The largest absolute Gasteiger partial charge is 0.457 e. The minimum Gasteiger partial charge on any atom is -0.457 e. The molecule has 0 saturated carbocycles. The molecule has 0 amide bonds. The monoisotopic (exact) mass is 1050 g/mol. The van der Waals surface area contributed by atoms with Crippen LogP contribution in [0.25, 0.3) is 0 Å². The zero-order chi connectivity index (χ0) is 43.6. The lowest BCUT2D eigenvalue weighted by Gasteiger charge is -2.36. The van der Waals surface area contributed by atoms with Crippen molar-refractivity contribution in [3.63, 3.8) is 0 Å². The van der Waals surface area contributed by atoms with Crippen LogP contribution in [0.2, 0.25) is 0 Å². The number of hydrogen-bond donors (Lipinski definition) is 0. The summed E-state index contributed by atoms with van der Waals surface area (Å²) >= 11 is 12.3. The first kappa shape index (κ1) is 44.9. The highest BCUT2D eigenvalue weighted by atomic mass is 79.9. The van der Waals surface area contributed by atoms with Gasteiger partial charge in [-0.1, -0.05) is 105 Å². The molecule has 4 aromatic rings. The Morgan fingerprint density at radius 1 is 0.333 bits per heavy atom. The predicted molar refractivity (Wildman–Crippen MR) is 257 cm³/mol. The van der Waals surface area contributed by atoms with Crippen molar-refractivity contribution >= 4 is 47.8 Å². The van der Waals surface area contributed by atoms with Gasteiger partial charge in [0.1, 0.15) is 59.4 Å². The topological polar surface area (TPSA) is 73.8 Å². The van der Waals surface area contributed by atoms with Gasteiger partial charge >= 0.3 is 0 Å². The summed E-state index contributed by atoms with van der Waals surface area (Å²) in [6.07, 6.45) is 16.9. The van der Waals surface area contributed by atoms with E-state index in [0.717, 1.165) is 207 Å². The van der Waals surface area contributed by atoms with Crippen LogP contribution in [-0.4, -0.2) is 27.2 Å². The average Bonchev–Trinajstić information content (AvgIpc) is 3.26. The quantitative estimate of drug-likeness (QED) is 0.103. The van der Waals surface area contributed by atoms with Crippen LogP contribution in [0, 0.1) is 0 Å². The molecule has 4 atom stereocenters. The van der Waals surface area contributed by atoms with Gasteiger partial charge in [-0.2, -0.15) is 0 Å². The molecule has 5 aliphatic rings. The Morgan fingerprint density at radius 2 is 0.571 bits per heavy atom. The van der Waals surface area contributed by atoms with Gasteiger partial charge in [0.15, 0.2) is 0 Å². The third-order valence-corrected chi connectivity index (χ3v) is 16.0. The molecule has 0 N–H and O–H groups in total. The maximum absolute atomic E-state index is 6.71. The Kier molecular flexibility index (Phi) is 14.3. The first-order valence-corrected chi connectivity index (χ1v) is 26.0. The van der Waals surface area contributed by atoms with Crippen LogP contribution < -0.4 is 37.9 Å². The molecular formula is C52H61Br3O8. The molecule has 338 valence electrons. The summed E-state index contributed by atoms with van der Waals surface area (Å²) in [5.41, 5.74) is 9.19. The Labute approximate surface area is 398 Å². The van der Waals surface area contributed by atoms with E-state index in [1.165, 1.54) is 0 Å². The first-order chi connectivity index (χ1) is 30.9. The van der Waals surface area contributed by atoms with E-state index in [1.807, 2.05) is 0 Å². The van der Waals surface area contributed by atoms with Crippen molar-refractivity contribution in [1.29, 1.82) is 0 Å². The highest BCUT2D eigenvalue weighted by molar-refractivity contribution is 9.11. The Bertz CT molecular complexity index is 2160. The molecule has 4 unspecified atom stereocenters. The summed E-state index contributed by atoms with van der Waals surface area (Å²) in [6, 6.07) is 11.8. The highest BCUT2D eigenvalue weighted by Crippen LogP contribution is 2.59. The van der Waals surface area contributed by atoms with Crippen LogP contribution in [0.4, 0.5) is 0 Å². The van der Waals surface area contributed by atoms with E-state index in [9.17, 15) is 0 Å². The van der Waals surface area contributed by atoms with Gasteiger partial charge in [-0.3, -0.25) is 0 Å². The average molecular weight is 1050 g/mol. The Balaban J connectivity index is 1.42. The van der Waals surface area contributed by atoms with Crippen molar-refractivity contribution in [3.05, 3.63) is 88.3 Å². The van der Waals surface area contributed by atoms with E-state index in [-0.39, 0.29) is 50.8 Å². The lowest BCUT2D eigenvalue weighted by atomic mass is 9.76. The number of ether oxygens (including phenoxy) is 8. The van der Waals surface area contributed by atoms with Gasteiger partial charge in [-0.25, -0.2) is 0 Å². The van der Waals surface area contributed by atoms with Crippen molar-refractivity contribution in [2.45, 2.75) is 154 Å². The summed E-state index contributed by atoms with van der Waals surface area (Å²) in [5.74, 6) is 5.99. The van der Waals surface area contributed by atoms with E-state index >= 15 is 0 Å². The van der Waals surface area contributed by atoms with Crippen molar-refractivity contribution in [3.8, 4) is 46.0 Å². The van der Waals surface area contributed by atoms with Gasteiger partial charge in [-0.15, -0.1) is 0 Å². The summed E-state index contributed by atoms with van der Waals surface area (Å²) in [5, 5.41) is 0. The second-order valence-corrected chi connectivity index (χ2v) is 20.2. The predicted octanol–water partition coefficient (Wildman–Crippen LogP) is 16.1. The Hall–Kier alpha value is -3.28. The molecule has 8 bridgehead atoms. The molecule has 1 aliphatic carbocycles. The number of halogens is 3. The zero-order valence-electron chi connectivity index (χ0n) is 37.2. The molecule has 8 nitrogen and oxygen atoms in total. The summed E-state index contributed by atoms with van der Waals surface area (Å²) < 4.78 is 55.9. The van der Waals surface area contributed by atoms with E-state index in [4.69, 9.17) is 37.9 Å². The van der Waals surface area contributed by atoms with Crippen LogP contribution in [-0.2, 0) is 0 Å². The fraction of sp³-hybridized carbons (Fsp3) is 0.538. The fourth-order valence-corrected chi connectivity index (χ4v) is 12.8. The molecule has 0 saturated heterocycles. The molecule has 11 heteroatoms. The third-order valence-electron chi connectivity index (χ3n) is 13.9.